The summed E-state index contributed by atoms with van der Waals surface area (Å²) in [5, 5.41) is 20.2. The fourth-order valence-corrected chi connectivity index (χ4v) is 8.74. The molecule has 0 saturated heterocycles. The van der Waals surface area contributed by atoms with E-state index < -0.39 is 0 Å². The Labute approximate surface area is 191 Å². The number of aliphatic hydroxyl groups is 1. The van der Waals surface area contributed by atoms with E-state index in [-0.39, 0.29) is 17.6 Å². The van der Waals surface area contributed by atoms with Gasteiger partial charge in [0.05, 0.1) is 6.10 Å². The molecule has 0 aromatic carbocycles. The molecule has 3 fully saturated rings. The summed E-state index contributed by atoms with van der Waals surface area (Å²) < 4.78 is 0. The van der Waals surface area contributed by atoms with Gasteiger partial charge in [-0.1, -0.05) is 66.0 Å². The van der Waals surface area contributed by atoms with Crippen molar-refractivity contribution in [1.29, 1.82) is 0 Å². The van der Waals surface area contributed by atoms with Crippen LogP contribution in [0, 0.1) is 52.3 Å². The Hall–Kier alpha value is -0.380. The molecule has 0 spiro atoms. The quantitative estimate of drug-likeness (QED) is 0.267. The molecule has 0 aromatic heterocycles. The Morgan fingerprint density at radius 2 is 1.74 bits per heavy atom. The molecule has 4 aliphatic rings. The van der Waals surface area contributed by atoms with Gasteiger partial charge >= 0.3 is 0 Å². The second-order valence-electron chi connectivity index (χ2n) is 12.9. The van der Waals surface area contributed by atoms with E-state index in [1.807, 2.05) is 0 Å². The number of aliphatic hydroxyl groups excluding tert-OH is 1. The standard InChI is InChI=1S/C28H48O3/c1-17(2)18(3)7-8-19(4)22-9-10-23-26-24(12-14-28(22,23)6)27(5)13-11-21(29)15-20(27)16-25(26)31-30/h16-19,21-26,29-30H,7-15H2,1-6H3. The summed E-state index contributed by atoms with van der Waals surface area (Å²) in [5.41, 5.74) is 1.89. The van der Waals surface area contributed by atoms with Gasteiger partial charge in [0, 0.05) is 0 Å². The Kier molecular flexibility index (Phi) is 6.72. The first-order chi connectivity index (χ1) is 14.6. The predicted molar refractivity (Wildman–Crippen MR) is 126 cm³/mol. The van der Waals surface area contributed by atoms with Gasteiger partial charge in [-0.2, -0.15) is 0 Å². The van der Waals surface area contributed by atoms with E-state index in [4.69, 9.17) is 4.89 Å². The first-order valence-electron chi connectivity index (χ1n) is 13.3. The number of hydrogen-bond donors (Lipinski definition) is 2. The highest BCUT2D eigenvalue weighted by Gasteiger charge is 2.61. The molecule has 0 aliphatic heterocycles. The van der Waals surface area contributed by atoms with Gasteiger partial charge in [0.25, 0.3) is 0 Å². The van der Waals surface area contributed by atoms with Crippen LogP contribution in [0.3, 0.4) is 0 Å². The summed E-state index contributed by atoms with van der Waals surface area (Å²) in [6.45, 7) is 14.7. The van der Waals surface area contributed by atoms with Crippen molar-refractivity contribution in [3.8, 4) is 0 Å². The van der Waals surface area contributed by atoms with E-state index in [1.165, 1.54) is 44.1 Å². The minimum absolute atomic E-state index is 0.177. The van der Waals surface area contributed by atoms with Gasteiger partial charge in [-0.3, -0.25) is 5.26 Å². The number of fused-ring (bicyclic) bond motifs is 5. The molecule has 2 N–H and O–H groups in total. The Morgan fingerprint density at radius 3 is 2.42 bits per heavy atom. The van der Waals surface area contributed by atoms with Gasteiger partial charge in [-0.25, -0.2) is 4.89 Å². The van der Waals surface area contributed by atoms with Crippen molar-refractivity contribution in [3.63, 3.8) is 0 Å². The molecule has 3 heteroatoms. The lowest BCUT2D eigenvalue weighted by atomic mass is 9.46. The second-order valence-corrected chi connectivity index (χ2v) is 12.9. The van der Waals surface area contributed by atoms with Gasteiger partial charge in [0.2, 0.25) is 0 Å². The molecule has 4 aliphatic carbocycles. The molecule has 0 bridgehead atoms. The van der Waals surface area contributed by atoms with Crippen molar-refractivity contribution in [2.45, 2.75) is 112 Å². The van der Waals surface area contributed by atoms with Crippen molar-refractivity contribution in [2.24, 2.45) is 52.3 Å². The molecule has 31 heavy (non-hydrogen) atoms. The van der Waals surface area contributed by atoms with E-state index in [9.17, 15) is 10.4 Å². The van der Waals surface area contributed by atoms with Crippen LogP contribution in [0.15, 0.2) is 11.6 Å². The van der Waals surface area contributed by atoms with Crippen LogP contribution < -0.4 is 0 Å². The van der Waals surface area contributed by atoms with Crippen LogP contribution in [0.4, 0.5) is 0 Å². The van der Waals surface area contributed by atoms with Crippen molar-refractivity contribution in [2.75, 3.05) is 0 Å². The minimum atomic E-state index is -0.228. The molecular formula is C28H48O3. The highest BCUT2D eigenvalue weighted by atomic mass is 17.1. The van der Waals surface area contributed by atoms with E-state index >= 15 is 0 Å². The molecule has 3 nitrogen and oxygen atoms in total. The molecule has 178 valence electrons. The van der Waals surface area contributed by atoms with Gasteiger partial charge in [0.1, 0.15) is 6.10 Å². The smallest absolute Gasteiger partial charge is 0.114 e. The molecule has 0 amide bonds. The third-order valence-corrected chi connectivity index (χ3v) is 11.2. The number of hydrogen-bond acceptors (Lipinski definition) is 3. The Morgan fingerprint density at radius 1 is 1.00 bits per heavy atom. The van der Waals surface area contributed by atoms with Crippen LogP contribution in [-0.4, -0.2) is 22.6 Å². The van der Waals surface area contributed by atoms with Gasteiger partial charge in [-0.05, 0) is 97.2 Å². The predicted octanol–water partition coefficient (Wildman–Crippen LogP) is 7.10. The highest BCUT2D eigenvalue weighted by molar-refractivity contribution is 5.28. The van der Waals surface area contributed by atoms with Crippen LogP contribution in [-0.2, 0) is 4.89 Å². The molecular weight excluding hydrogens is 384 g/mol. The fourth-order valence-electron chi connectivity index (χ4n) is 8.74. The van der Waals surface area contributed by atoms with Crippen LogP contribution in [0.5, 0.6) is 0 Å². The largest absolute Gasteiger partial charge is 0.393 e. The van der Waals surface area contributed by atoms with Crippen LogP contribution in [0.25, 0.3) is 0 Å². The topological polar surface area (TPSA) is 49.7 Å². The van der Waals surface area contributed by atoms with E-state index in [0.717, 1.165) is 42.9 Å². The van der Waals surface area contributed by atoms with Crippen LogP contribution >= 0.6 is 0 Å². The Balaban J connectivity index is 1.56. The first-order valence-corrected chi connectivity index (χ1v) is 13.3. The van der Waals surface area contributed by atoms with E-state index in [2.05, 4.69) is 47.6 Å². The van der Waals surface area contributed by atoms with E-state index in [0.29, 0.717) is 23.2 Å². The zero-order valence-corrected chi connectivity index (χ0v) is 20.9. The molecule has 0 radical (unpaired) electrons. The van der Waals surface area contributed by atoms with Crippen LogP contribution in [0.1, 0.15) is 99.3 Å². The molecule has 10 unspecified atom stereocenters. The SMILES string of the molecule is CC(C)C(C)CCC(C)C1CCC2C3C(OO)C=C4CC(O)CCC4(C)C3CCC12C. The second kappa shape index (κ2) is 8.76. The Bertz CT molecular complexity index is 671. The lowest BCUT2D eigenvalue weighted by Crippen LogP contribution is -2.55. The van der Waals surface area contributed by atoms with Crippen molar-refractivity contribution in [3.05, 3.63) is 11.6 Å². The van der Waals surface area contributed by atoms with Gasteiger partial charge < -0.3 is 5.11 Å². The van der Waals surface area contributed by atoms with Crippen LogP contribution in [0.2, 0.25) is 0 Å². The highest BCUT2D eigenvalue weighted by Crippen LogP contribution is 2.67. The molecule has 10 atom stereocenters. The summed E-state index contributed by atoms with van der Waals surface area (Å²) in [6.07, 6.45) is 12.4. The molecule has 0 heterocycles. The van der Waals surface area contributed by atoms with Crippen molar-refractivity contribution in [1.82, 2.24) is 0 Å². The maximum atomic E-state index is 10.3. The summed E-state index contributed by atoms with van der Waals surface area (Å²) >= 11 is 0. The normalized spacial score (nSPS) is 46.7. The third-order valence-electron chi connectivity index (χ3n) is 11.2. The molecule has 0 aromatic rings. The van der Waals surface area contributed by atoms with Gasteiger partial charge in [0.15, 0.2) is 0 Å². The lowest BCUT2D eigenvalue weighted by Gasteiger charge is -2.59. The lowest BCUT2D eigenvalue weighted by molar-refractivity contribution is -0.296. The monoisotopic (exact) mass is 432 g/mol. The minimum Gasteiger partial charge on any atom is -0.393 e. The zero-order valence-electron chi connectivity index (χ0n) is 20.9. The summed E-state index contributed by atoms with van der Waals surface area (Å²) in [4.78, 5) is 5.19. The summed E-state index contributed by atoms with van der Waals surface area (Å²) in [7, 11) is 0. The van der Waals surface area contributed by atoms with Gasteiger partial charge in [-0.15, -0.1) is 0 Å². The maximum Gasteiger partial charge on any atom is 0.114 e. The van der Waals surface area contributed by atoms with E-state index in [1.54, 1.807) is 0 Å². The first kappa shape index (κ1) is 23.8. The molecule has 4 rings (SSSR count). The zero-order chi connectivity index (χ0) is 22.6. The van der Waals surface area contributed by atoms with Crippen molar-refractivity contribution < 1.29 is 15.3 Å². The summed E-state index contributed by atoms with van der Waals surface area (Å²) in [5.74, 6) is 4.78. The average Bonchev–Trinajstić information content (AvgIpc) is 3.09. The average molecular weight is 433 g/mol. The third kappa shape index (κ3) is 3.95. The summed E-state index contributed by atoms with van der Waals surface area (Å²) in [6, 6.07) is 0. The molecule has 3 saturated carbocycles. The maximum absolute atomic E-state index is 10.3. The fraction of sp³-hybridized carbons (Fsp3) is 0.929. The number of rotatable bonds is 6. The van der Waals surface area contributed by atoms with Crippen molar-refractivity contribution >= 4 is 0 Å².